The number of hydrogen-bond acceptors (Lipinski definition) is 2. The monoisotopic (exact) mass is 194 g/mol. The topological polar surface area (TPSA) is 29.5 Å². The minimum absolute atomic E-state index is 0.377. The van der Waals surface area contributed by atoms with Crippen molar-refractivity contribution in [3.05, 3.63) is 50.6 Å². The van der Waals surface area contributed by atoms with Crippen LogP contribution in [0.15, 0.2) is 50.6 Å². The van der Waals surface area contributed by atoms with Crippen LogP contribution in [-0.4, -0.2) is 23.4 Å². The molecule has 1 atom stereocenters. The molecule has 0 bridgehead atoms. The van der Waals surface area contributed by atoms with Gasteiger partial charge in [-0.05, 0) is 6.42 Å². The van der Waals surface area contributed by atoms with E-state index in [0.29, 0.717) is 13.0 Å². The van der Waals surface area contributed by atoms with Crippen LogP contribution in [0.3, 0.4) is 0 Å². The maximum absolute atomic E-state index is 10.0. The Morgan fingerprint density at radius 3 is 2.07 bits per heavy atom. The Bertz CT molecular complexity index is 210. The molecule has 0 saturated carbocycles. The van der Waals surface area contributed by atoms with Gasteiger partial charge < -0.3 is 9.84 Å². The lowest BCUT2D eigenvalue weighted by molar-refractivity contribution is -0.0437. The lowest BCUT2D eigenvalue weighted by Gasteiger charge is -2.29. The van der Waals surface area contributed by atoms with Crippen LogP contribution in [0.2, 0.25) is 0 Å². The average Bonchev–Trinajstić information content (AvgIpc) is 2.23. The molecule has 0 fully saturated rings. The highest BCUT2D eigenvalue weighted by Gasteiger charge is 2.30. The van der Waals surface area contributed by atoms with Gasteiger partial charge in [0.15, 0.2) is 0 Å². The highest BCUT2D eigenvalue weighted by molar-refractivity contribution is 5.14. The minimum Gasteiger partial charge on any atom is -0.379 e. The summed E-state index contributed by atoms with van der Waals surface area (Å²) < 4.78 is 5.40. The Morgan fingerprint density at radius 1 is 1.14 bits per heavy atom. The van der Waals surface area contributed by atoms with E-state index in [0.717, 1.165) is 0 Å². The van der Waals surface area contributed by atoms with Gasteiger partial charge in [0.1, 0.15) is 5.60 Å². The summed E-state index contributed by atoms with van der Waals surface area (Å²) >= 11 is 0. The van der Waals surface area contributed by atoms with Gasteiger partial charge in [-0.3, -0.25) is 0 Å². The molecule has 0 aliphatic rings. The van der Waals surface area contributed by atoms with Crippen molar-refractivity contribution in [3.63, 3.8) is 0 Å². The second-order valence-corrected chi connectivity index (χ2v) is 2.93. The zero-order chi connectivity index (χ0) is 11.0. The molecule has 2 heteroatoms. The fourth-order valence-corrected chi connectivity index (χ4v) is 1.07. The molecule has 78 valence electrons. The predicted molar refractivity (Wildman–Crippen MR) is 60.1 cm³/mol. The summed E-state index contributed by atoms with van der Waals surface area (Å²) in [6.45, 7) is 14.6. The maximum atomic E-state index is 10.0. The first kappa shape index (κ1) is 12.9. The van der Waals surface area contributed by atoms with E-state index >= 15 is 0 Å². The van der Waals surface area contributed by atoms with Crippen LogP contribution in [0.4, 0.5) is 0 Å². The molecule has 0 aromatic carbocycles. The van der Waals surface area contributed by atoms with E-state index < -0.39 is 11.7 Å². The molecule has 0 heterocycles. The zero-order valence-corrected chi connectivity index (χ0v) is 8.48. The smallest absolute Gasteiger partial charge is 0.127 e. The first-order valence-electron chi connectivity index (χ1n) is 4.47. The molecule has 0 aliphatic heterocycles. The molecular weight excluding hydrogens is 176 g/mol. The largest absolute Gasteiger partial charge is 0.379 e. The fraction of sp³-hybridized carbons (Fsp3) is 0.333. The number of ether oxygens (including phenoxy) is 1. The first-order valence-corrected chi connectivity index (χ1v) is 4.47. The van der Waals surface area contributed by atoms with E-state index in [4.69, 9.17) is 4.74 Å². The van der Waals surface area contributed by atoms with E-state index in [9.17, 15) is 5.11 Å². The Labute approximate surface area is 85.9 Å². The highest BCUT2D eigenvalue weighted by Crippen LogP contribution is 2.20. The first-order chi connectivity index (χ1) is 6.64. The normalized spacial score (nSPS) is 12.9. The van der Waals surface area contributed by atoms with Crippen molar-refractivity contribution in [1.82, 2.24) is 0 Å². The van der Waals surface area contributed by atoms with Gasteiger partial charge in [0.25, 0.3) is 0 Å². The molecule has 0 aromatic rings. The number of aliphatic hydroxyl groups is 1. The Hall–Kier alpha value is -1.12. The van der Waals surface area contributed by atoms with E-state index in [2.05, 4.69) is 26.3 Å². The van der Waals surface area contributed by atoms with Crippen LogP contribution >= 0.6 is 0 Å². The quantitative estimate of drug-likeness (QED) is 0.600. The summed E-state index contributed by atoms with van der Waals surface area (Å²) in [6.07, 6.45) is 6.26. The van der Waals surface area contributed by atoms with Crippen molar-refractivity contribution in [3.8, 4) is 0 Å². The summed E-state index contributed by atoms with van der Waals surface area (Å²) in [5.74, 6) is 0. The zero-order valence-electron chi connectivity index (χ0n) is 8.48. The third-order valence-corrected chi connectivity index (χ3v) is 1.97. The van der Waals surface area contributed by atoms with Crippen molar-refractivity contribution in [2.24, 2.45) is 0 Å². The molecule has 0 saturated heterocycles. The van der Waals surface area contributed by atoms with Crippen molar-refractivity contribution in [2.75, 3.05) is 6.61 Å². The van der Waals surface area contributed by atoms with Gasteiger partial charge in [0.05, 0.1) is 12.7 Å². The second kappa shape index (κ2) is 6.35. The van der Waals surface area contributed by atoms with Crippen LogP contribution in [0, 0.1) is 0 Å². The summed E-state index contributed by atoms with van der Waals surface area (Å²) in [7, 11) is 0. The van der Waals surface area contributed by atoms with Gasteiger partial charge in [0, 0.05) is 0 Å². The van der Waals surface area contributed by atoms with Crippen LogP contribution in [0.1, 0.15) is 6.42 Å². The van der Waals surface area contributed by atoms with Gasteiger partial charge in [-0.15, -0.1) is 13.2 Å². The van der Waals surface area contributed by atoms with E-state index in [1.54, 1.807) is 12.2 Å². The maximum Gasteiger partial charge on any atom is 0.127 e. The molecule has 1 N–H and O–H groups in total. The molecular formula is C12H18O2. The van der Waals surface area contributed by atoms with Crippen LogP contribution in [-0.2, 0) is 4.74 Å². The summed E-state index contributed by atoms with van der Waals surface area (Å²) in [5.41, 5.74) is -1.21. The molecule has 0 radical (unpaired) electrons. The van der Waals surface area contributed by atoms with Crippen LogP contribution < -0.4 is 0 Å². The van der Waals surface area contributed by atoms with Gasteiger partial charge in [-0.2, -0.15) is 0 Å². The van der Waals surface area contributed by atoms with Crippen molar-refractivity contribution in [2.45, 2.75) is 18.1 Å². The summed E-state index contributed by atoms with van der Waals surface area (Å²) in [6, 6.07) is 0. The van der Waals surface area contributed by atoms with Crippen LogP contribution in [0.25, 0.3) is 0 Å². The fourth-order valence-electron chi connectivity index (χ4n) is 1.07. The minimum atomic E-state index is -1.21. The van der Waals surface area contributed by atoms with Gasteiger partial charge in [-0.1, -0.05) is 37.5 Å². The number of hydrogen-bond donors (Lipinski definition) is 1. The lowest BCUT2D eigenvalue weighted by atomic mass is 9.94. The molecule has 0 spiro atoms. The average molecular weight is 194 g/mol. The molecule has 0 aliphatic carbocycles. The molecule has 2 nitrogen and oxygen atoms in total. The Morgan fingerprint density at radius 2 is 1.71 bits per heavy atom. The molecule has 0 aromatic heterocycles. The standard InChI is InChI=1S/C12H18O2/c1-5-9-11(14-10-6-2)12(13,7-3)8-4/h5-8,11,13H,1-4,9-10H2/t11-/m1/s1. The van der Waals surface area contributed by atoms with E-state index in [-0.39, 0.29) is 0 Å². The van der Waals surface area contributed by atoms with E-state index in [1.165, 1.54) is 12.2 Å². The third-order valence-electron chi connectivity index (χ3n) is 1.97. The van der Waals surface area contributed by atoms with Gasteiger partial charge >= 0.3 is 0 Å². The Balaban J connectivity index is 4.57. The third kappa shape index (κ3) is 3.32. The van der Waals surface area contributed by atoms with Crippen molar-refractivity contribution >= 4 is 0 Å². The van der Waals surface area contributed by atoms with Gasteiger partial charge in [-0.25, -0.2) is 0 Å². The molecule has 0 unspecified atom stereocenters. The van der Waals surface area contributed by atoms with Crippen molar-refractivity contribution < 1.29 is 9.84 Å². The number of rotatable bonds is 8. The molecule has 0 amide bonds. The SMILES string of the molecule is C=CCO[C@H](CC=C)C(O)(C=C)C=C. The van der Waals surface area contributed by atoms with Gasteiger partial charge in [0.2, 0.25) is 0 Å². The summed E-state index contributed by atoms with van der Waals surface area (Å²) in [5, 5.41) is 10.0. The lowest BCUT2D eigenvalue weighted by Crippen LogP contribution is -2.40. The Kier molecular flexibility index (Phi) is 5.84. The second-order valence-electron chi connectivity index (χ2n) is 2.93. The van der Waals surface area contributed by atoms with E-state index in [1.807, 2.05) is 0 Å². The predicted octanol–water partition coefficient (Wildman–Crippen LogP) is 2.24. The van der Waals surface area contributed by atoms with Crippen LogP contribution in [0.5, 0.6) is 0 Å². The highest BCUT2D eigenvalue weighted by atomic mass is 16.5. The summed E-state index contributed by atoms with van der Waals surface area (Å²) in [4.78, 5) is 0. The van der Waals surface area contributed by atoms with Crippen molar-refractivity contribution in [1.29, 1.82) is 0 Å². The molecule has 0 rings (SSSR count). The molecule has 14 heavy (non-hydrogen) atoms.